The monoisotopic (exact) mass is 337 g/mol. The highest BCUT2D eigenvalue weighted by atomic mass is 16.5. The Morgan fingerprint density at radius 1 is 0.880 bits per heavy atom. The predicted octanol–water partition coefficient (Wildman–Crippen LogP) is 5.22. The number of para-hydroxylation sites is 1. The summed E-state index contributed by atoms with van der Waals surface area (Å²) in [5.41, 5.74) is 3.19. The number of nitrogens with zero attached hydrogens (tertiary/aromatic N) is 3. The predicted molar refractivity (Wildman–Crippen MR) is 102 cm³/mol. The fourth-order valence-electron chi connectivity index (χ4n) is 2.97. The highest BCUT2D eigenvalue weighted by Gasteiger charge is 2.04. The molecule has 0 bridgehead atoms. The molecule has 4 heteroatoms. The molecule has 0 N–H and O–H groups in total. The van der Waals surface area contributed by atoms with Crippen molar-refractivity contribution in [3.63, 3.8) is 0 Å². The van der Waals surface area contributed by atoms with Gasteiger partial charge in [0, 0.05) is 0 Å². The molecule has 0 aliphatic heterocycles. The topological polar surface area (TPSA) is 39.9 Å². The molecule has 0 atom stereocenters. The number of unbranched alkanes of at least 4 members (excludes halogenated alkanes) is 5. The molecular weight excluding hydrogens is 310 g/mol. The van der Waals surface area contributed by atoms with Gasteiger partial charge < -0.3 is 4.74 Å². The van der Waals surface area contributed by atoms with E-state index < -0.39 is 0 Å². The third-order valence-corrected chi connectivity index (χ3v) is 4.44. The van der Waals surface area contributed by atoms with Gasteiger partial charge in [-0.1, -0.05) is 68.5 Å². The third kappa shape index (κ3) is 5.05. The van der Waals surface area contributed by atoms with Gasteiger partial charge >= 0.3 is 0 Å². The van der Waals surface area contributed by atoms with Gasteiger partial charge in [0.25, 0.3) is 0 Å². The van der Waals surface area contributed by atoms with Crippen LogP contribution in [0.25, 0.3) is 11.0 Å². The van der Waals surface area contributed by atoms with Crippen molar-refractivity contribution in [3.05, 3.63) is 54.1 Å². The molecule has 3 aromatic rings. The van der Waals surface area contributed by atoms with Crippen LogP contribution in [-0.4, -0.2) is 21.6 Å². The van der Waals surface area contributed by atoms with E-state index in [4.69, 9.17) is 4.74 Å². The number of hydrogen-bond acceptors (Lipinski definition) is 3. The van der Waals surface area contributed by atoms with Crippen molar-refractivity contribution >= 4 is 11.0 Å². The fraction of sp³-hybridized carbons (Fsp3) is 0.429. The van der Waals surface area contributed by atoms with E-state index in [1.165, 1.54) is 37.7 Å². The molecule has 0 saturated heterocycles. The number of ether oxygens (including phenoxy) is 1. The number of fused-ring (bicyclic) bond motifs is 1. The summed E-state index contributed by atoms with van der Waals surface area (Å²) in [7, 11) is 0. The number of benzene rings is 2. The zero-order chi connectivity index (χ0) is 17.3. The van der Waals surface area contributed by atoms with E-state index in [0.717, 1.165) is 36.4 Å². The fourth-order valence-corrected chi connectivity index (χ4v) is 2.97. The lowest BCUT2D eigenvalue weighted by Crippen LogP contribution is -2.02. The summed E-state index contributed by atoms with van der Waals surface area (Å²) in [4.78, 5) is 0. The van der Waals surface area contributed by atoms with E-state index in [1.54, 1.807) is 0 Å². The Balaban J connectivity index is 1.46. The first kappa shape index (κ1) is 17.5. The van der Waals surface area contributed by atoms with Crippen LogP contribution in [0.15, 0.2) is 48.5 Å². The van der Waals surface area contributed by atoms with Gasteiger partial charge in [0.2, 0.25) is 0 Å². The maximum atomic E-state index is 5.84. The second-order valence-corrected chi connectivity index (χ2v) is 6.50. The van der Waals surface area contributed by atoms with Gasteiger partial charge in [-0.05, 0) is 36.2 Å². The molecule has 0 aliphatic rings. The van der Waals surface area contributed by atoms with Crippen LogP contribution in [0.3, 0.4) is 0 Å². The van der Waals surface area contributed by atoms with Crippen LogP contribution in [-0.2, 0) is 6.54 Å². The molecule has 0 saturated carbocycles. The van der Waals surface area contributed by atoms with Crippen molar-refractivity contribution in [3.8, 4) is 5.75 Å². The summed E-state index contributed by atoms with van der Waals surface area (Å²) in [5.74, 6) is 0.945. The van der Waals surface area contributed by atoms with Gasteiger partial charge in [-0.25, -0.2) is 4.68 Å². The van der Waals surface area contributed by atoms with Crippen molar-refractivity contribution in [2.75, 3.05) is 6.61 Å². The average Bonchev–Trinajstić information content (AvgIpc) is 3.05. The molecule has 0 aliphatic carbocycles. The van der Waals surface area contributed by atoms with Crippen LogP contribution >= 0.6 is 0 Å². The molecule has 4 nitrogen and oxygen atoms in total. The minimum atomic E-state index is 0.720. The highest BCUT2D eigenvalue weighted by molar-refractivity contribution is 5.73. The Labute approximate surface area is 149 Å². The molecule has 2 aromatic carbocycles. The highest BCUT2D eigenvalue weighted by Crippen LogP contribution is 2.16. The van der Waals surface area contributed by atoms with Crippen LogP contribution in [0.4, 0.5) is 0 Å². The summed E-state index contributed by atoms with van der Waals surface area (Å²) in [6, 6.07) is 16.3. The zero-order valence-electron chi connectivity index (χ0n) is 15.0. The summed E-state index contributed by atoms with van der Waals surface area (Å²) in [5, 5.41) is 8.44. The van der Waals surface area contributed by atoms with Crippen molar-refractivity contribution in [2.45, 2.75) is 52.0 Å². The second kappa shape index (κ2) is 9.21. The van der Waals surface area contributed by atoms with E-state index in [9.17, 15) is 0 Å². The first-order valence-corrected chi connectivity index (χ1v) is 9.37. The van der Waals surface area contributed by atoms with Gasteiger partial charge in [-0.3, -0.25) is 0 Å². The van der Waals surface area contributed by atoms with E-state index >= 15 is 0 Å². The minimum absolute atomic E-state index is 0.720. The summed E-state index contributed by atoms with van der Waals surface area (Å²) in [6.45, 7) is 3.77. The van der Waals surface area contributed by atoms with Crippen LogP contribution in [0, 0.1) is 0 Å². The van der Waals surface area contributed by atoms with E-state index in [-0.39, 0.29) is 0 Å². The molecule has 0 unspecified atom stereocenters. The van der Waals surface area contributed by atoms with E-state index in [2.05, 4.69) is 29.4 Å². The van der Waals surface area contributed by atoms with Crippen molar-refractivity contribution < 1.29 is 4.74 Å². The first-order valence-electron chi connectivity index (χ1n) is 9.37. The lowest BCUT2D eigenvalue weighted by atomic mass is 10.1. The molecular formula is C21H27N3O. The zero-order valence-corrected chi connectivity index (χ0v) is 15.0. The second-order valence-electron chi connectivity index (χ2n) is 6.50. The van der Waals surface area contributed by atoms with Crippen LogP contribution < -0.4 is 4.74 Å². The number of aromatic nitrogens is 3. The Morgan fingerprint density at radius 2 is 1.64 bits per heavy atom. The summed E-state index contributed by atoms with van der Waals surface area (Å²) in [6.07, 6.45) is 7.72. The third-order valence-electron chi connectivity index (χ3n) is 4.44. The van der Waals surface area contributed by atoms with E-state index in [0.29, 0.717) is 0 Å². The number of hydrogen-bond donors (Lipinski definition) is 0. The summed E-state index contributed by atoms with van der Waals surface area (Å²) >= 11 is 0. The van der Waals surface area contributed by atoms with Crippen LogP contribution in [0.1, 0.15) is 51.0 Å². The van der Waals surface area contributed by atoms with Gasteiger partial charge in [-0.2, -0.15) is 0 Å². The lowest BCUT2D eigenvalue weighted by molar-refractivity contribution is 0.304. The Bertz CT molecular complexity index is 764. The standard InChI is InChI=1S/C21H27N3O/c1-2-3-4-5-6-9-16-25-19-14-12-18(13-15-19)17-24-21-11-8-7-10-20(21)22-23-24/h7-8,10-15H,2-6,9,16-17H2,1H3. The van der Waals surface area contributed by atoms with Gasteiger partial charge in [0.1, 0.15) is 11.3 Å². The summed E-state index contributed by atoms with van der Waals surface area (Å²) < 4.78 is 7.77. The van der Waals surface area contributed by atoms with Crippen molar-refractivity contribution in [1.29, 1.82) is 0 Å². The smallest absolute Gasteiger partial charge is 0.119 e. The van der Waals surface area contributed by atoms with Crippen molar-refractivity contribution in [1.82, 2.24) is 15.0 Å². The Kier molecular flexibility index (Phi) is 6.43. The normalized spacial score (nSPS) is 11.1. The van der Waals surface area contributed by atoms with Crippen LogP contribution in [0.5, 0.6) is 5.75 Å². The lowest BCUT2D eigenvalue weighted by Gasteiger charge is -2.08. The molecule has 25 heavy (non-hydrogen) atoms. The van der Waals surface area contributed by atoms with E-state index in [1.807, 2.05) is 41.1 Å². The first-order chi connectivity index (χ1) is 12.4. The SMILES string of the molecule is CCCCCCCCOc1ccc(Cn2nnc3ccccc32)cc1. The molecule has 132 valence electrons. The van der Waals surface area contributed by atoms with Gasteiger partial charge in [0.15, 0.2) is 0 Å². The number of rotatable bonds is 10. The Hall–Kier alpha value is -2.36. The quantitative estimate of drug-likeness (QED) is 0.476. The largest absolute Gasteiger partial charge is 0.494 e. The minimum Gasteiger partial charge on any atom is -0.494 e. The maximum Gasteiger partial charge on any atom is 0.119 e. The molecule has 0 spiro atoms. The van der Waals surface area contributed by atoms with Crippen molar-refractivity contribution in [2.24, 2.45) is 0 Å². The molecule has 1 aromatic heterocycles. The average molecular weight is 337 g/mol. The maximum absolute atomic E-state index is 5.84. The molecule has 0 fully saturated rings. The molecule has 1 heterocycles. The van der Waals surface area contributed by atoms with Gasteiger partial charge in [0.05, 0.1) is 18.7 Å². The van der Waals surface area contributed by atoms with Crippen LogP contribution in [0.2, 0.25) is 0 Å². The molecule has 3 rings (SSSR count). The molecule has 0 amide bonds. The molecule has 0 radical (unpaired) electrons. The Morgan fingerprint density at radius 3 is 2.48 bits per heavy atom. The van der Waals surface area contributed by atoms with Gasteiger partial charge in [-0.15, -0.1) is 5.10 Å².